The van der Waals surface area contributed by atoms with Gasteiger partial charge in [0.25, 0.3) is 0 Å². The Balaban J connectivity index is 0.968. The molecule has 2 aromatic carbocycles. The van der Waals surface area contributed by atoms with Crippen molar-refractivity contribution in [3.63, 3.8) is 0 Å². The molecule has 0 aromatic heterocycles. The highest BCUT2D eigenvalue weighted by Gasteiger charge is 2.46. The van der Waals surface area contributed by atoms with Gasteiger partial charge in [0.1, 0.15) is 17.5 Å². The first-order valence-electron chi connectivity index (χ1n) is 17.4. The first kappa shape index (κ1) is 33.5. The van der Waals surface area contributed by atoms with Crippen LogP contribution in [0, 0.1) is 17.2 Å². The Morgan fingerprint density at radius 1 is 0.896 bits per heavy atom. The Hall–Kier alpha value is -4.43. The van der Waals surface area contributed by atoms with Gasteiger partial charge in [-0.05, 0) is 80.3 Å². The summed E-state index contributed by atoms with van der Waals surface area (Å²) < 4.78 is 11.9. The van der Waals surface area contributed by atoms with Gasteiger partial charge in [-0.3, -0.25) is 24.5 Å². The molecule has 0 bridgehead atoms. The van der Waals surface area contributed by atoms with Crippen LogP contribution in [0.4, 0.5) is 0 Å². The molecule has 0 aliphatic carbocycles. The van der Waals surface area contributed by atoms with Crippen molar-refractivity contribution >= 4 is 23.6 Å². The van der Waals surface area contributed by atoms with Gasteiger partial charge in [-0.1, -0.05) is 37.1 Å². The first-order valence-corrected chi connectivity index (χ1v) is 17.4. The molecule has 6 atom stereocenters. The fourth-order valence-electron chi connectivity index (χ4n) is 7.69. The van der Waals surface area contributed by atoms with E-state index >= 15 is 0 Å². The maximum atomic E-state index is 13.8. The van der Waals surface area contributed by atoms with Crippen LogP contribution >= 0.6 is 0 Å². The molecule has 4 heterocycles. The number of fused-ring (bicyclic) bond motifs is 1. The second-order valence-electron chi connectivity index (χ2n) is 13.5. The quantitative estimate of drug-likeness (QED) is 0.290. The third kappa shape index (κ3) is 7.49. The number of imide groups is 1. The van der Waals surface area contributed by atoms with Crippen molar-refractivity contribution in [1.29, 1.82) is 5.26 Å². The number of hydrogen-bond acceptors (Lipinski definition) is 8. The van der Waals surface area contributed by atoms with Gasteiger partial charge in [0.2, 0.25) is 23.6 Å². The fourth-order valence-corrected chi connectivity index (χ4v) is 7.69. The van der Waals surface area contributed by atoms with Crippen LogP contribution in [0.25, 0.3) is 0 Å². The highest BCUT2D eigenvalue weighted by atomic mass is 16.5. The highest BCUT2D eigenvalue weighted by Crippen LogP contribution is 2.37. The molecule has 4 amide bonds. The van der Waals surface area contributed by atoms with Crippen LogP contribution in [-0.2, 0) is 19.2 Å². The SMILES string of the molecule is N#C[C@@H]1CN(C(=O)[C@@H]2CC[C@@H]3CCCC[C@H](N)C(=O)N32)C[C@H]1c1cccc(OCCCCOc2ccc(C3CCC(=O)NC3=O)cc2)c1. The van der Waals surface area contributed by atoms with E-state index in [2.05, 4.69) is 11.4 Å². The zero-order chi connectivity index (χ0) is 33.6. The highest BCUT2D eigenvalue weighted by molar-refractivity contribution is 6.01. The van der Waals surface area contributed by atoms with Crippen LogP contribution in [0.5, 0.6) is 11.5 Å². The first-order chi connectivity index (χ1) is 23.3. The lowest BCUT2D eigenvalue weighted by Crippen LogP contribution is -2.55. The van der Waals surface area contributed by atoms with E-state index in [1.165, 1.54) is 0 Å². The van der Waals surface area contributed by atoms with Crippen molar-refractivity contribution in [2.45, 2.75) is 94.2 Å². The van der Waals surface area contributed by atoms with Gasteiger partial charge in [-0.25, -0.2) is 0 Å². The molecule has 4 fully saturated rings. The third-order valence-corrected chi connectivity index (χ3v) is 10.3. The van der Waals surface area contributed by atoms with Crippen molar-refractivity contribution in [3.8, 4) is 17.6 Å². The van der Waals surface area contributed by atoms with Crippen LogP contribution in [0.2, 0.25) is 0 Å². The van der Waals surface area contributed by atoms with Crippen molar-refractivity contribution in [2.24, 2.45) is 11.7 Å². The van der Waals surface area contributed by atoms with Gasteiger partial charge in [-0.15, -0.1) is 0 Å². The summed E-state index contributed by atoms with van der Waals surface area (Å²) in [5.41, 5.74) is 8.03. The number of carbonyl (C=O) groups excluding carboxylic acids is 4. The monoisotopic (exact) mass is 655 g/mol. The number of likely N-dealkylation sites (tertiary alicyclic amines) is 1. The summed E-state index contributed by atoms with van der Waals surface area (Å²) >= 11 is 0. The second kappa shape index (κ2) is 15.2. The summed E-state index contributed by atoms with van der Waals surface area (Å²) in [6, 6.07) is 16.7. The fraction of sp³-hybridized carbons (Fsp3) is 0.541. The van der Waals surface area contributed by atoms with Crippen molar-refractivity contribution in [1.82, 2.24) is 15.1 Å². The van der Waals surface area contributed by atoms with Crippen molar-refractivity contribution in [2.75, 3.05) is 26.3 Å². The molecule has 4 aliphatic heterocycles. The number of rotatable bonds is 10. The van der Waals surface area contributed by atoms with Gasteiger partial charge in [0, 0.05) is 31.5 Å². The summed E-state index contributed by atoms with van der Waals surface area (Å²) in [6.07, 6.45) is 7.42. The molecule has 0 radical (unpaired) electrons. The Labute approximate surface area is 281 Å². The Kier molecular flexibility index (Phi) is 10.6. The molecule has 2 aromatic rings. The van der Waals surface area contributed by atoms with Gasteiger partial charge in [0.05, 0.1) is 37.2 Å². The topological polar surface area (TPSA) is 155 Å². The molecular weight excluding hydrogens is 610 g/mol. The Morgan fingerprint density at radius 3 is 2.40 bits per heavy atom. The molecule has 0 saturated carbocycles. The van der Waals surface area contributed by atoms with Crippen LogP contribution < -0.4 is 20.5 Å². The van der Waals surface area contributed by atoms with Gasteiger partial charge in [-0.2, -0.15) is 5.26 Å². The number of hydrogen-bond donors (Lipinski definition) is 2. The smallest absolute Gasteiger partial charge is 0.245 e. The summed E-state index contributed by atoms with van der Waals surface area (Å²) in [5, 5.41) is 12.4. The number of carbonyl (C=O) groups is 4. The van der Waals surface area contributed by atoms with Gasteiger partial charge < -0.3 is 25.0 Å². The standard InChI is InChI=1S/C37H45N5O6/c38-21-26-22-41(37(46)33-16-12-27-7-1-2-9-32(39)36(45)42(27)33)23-31(26)25-6-5-8-29(20-25)48-19-4-3-18-47-28-13-10-24(11-14-28)30-15-17-34(43)40-35(30)44/h5-6,8,10-11,13-14,20,26-27,30-33H,1-4,7,9,12,15-19,22-23,39H2,(H,40,43,44)/t26-,27+,30?,31+,32+,33+/m1/s1. The van der Waals surface area contributed by atoms with Crippen LogP contribution in [0.1, 0.15) is 87.2 Å². The van der Waals surface area contributed by atoms with E-state index in [1.54, 1.807) is 9.80 Å². The van der Waals surface area contributed by atoms with Crippen LogP contribution in [0.15, 0.2) is 48.5 Å². The summed E-state index contributed by atoms with van der Waals surface area (Å²) in [6.45, 7) is 1.81. The average Bonchev–Trinajstić information content (AvgIpc) is 3.72. The normalized spacial score (nSPS) is 27.5. The van der Waals surface area contributed by atoms with Gasteiger partial charge >= 0.3 is 0 Å². The maximum absolute atomic E-state index is 13.8. The minimum atomic E-state index is -0.555. The molecule has 1 unspecified atom stereocenters. The van der Waals surface area contributed by atoms with Gasteiger partial charge in [0.15, 0.2) is 0 Å². The largest absolute Gasteiger partial charge is 0.494 e. The molecular formula is C37H45N5O6. The Bertz CT molecular complexity index is 1540. The third-order valence-electron chi connectivity index (χ3n) is 10.3. The predicted molar refractivity (Wildman–Crippen MR) is 177 cm³/mol. The summed E-state index contributed by atoms with van der Waals surface area (Å²) in [7, 11) is 0. The molecule has 48 heavy (non-hydrogen) atoms. The van der Waals surface area contributed by atoms with Crippen LogP contribution in [-0.4, -0.2) is 77.9 Å². The molecule has 3 N–H and O–H groups in total. The lowest BCUT2D eigenvalue weighted by molar-refractivity contribution is -0.146. The number of amides is 4. The average molecular weight is 656 g/mol. The molecule has 11 heteroatoms. The molecule has 0 spiro atoms. The molecule has 11 nitrogen and oxygen atoms in total. The Morgan fingerprint density at radius 2 is 1.65 bits per heavy atom. The number of unbranched alkanes of at least 4 members (excludes halogenated alkanes) is 1. The molecule has 4 aliphatic rings. The number of nitrogens with two attached hydrogens (primary N) is 1. The van der Waals surface area contributed by atoms with E-state index < -0.39 is 12.1 Å². The lowest BCUT2D eigenvalue weighted by Gasteiger charge is -2.35. The predicted octanol–water partition coefficient (Wildman–Crippen LogP) is 3.77. The minimum Gasteiger partial charge on any atom is -0.494 e. The minimum absolute atomic E-state index is 0.0683. The number of benzene rings is 2. The van der Waals surface area contributed by atoms with E-state index in [-0.39, 0.29) is 47.4 Å². The summed E-state index contributed by atoms with van der Waals surface area (Å²) in [4.78, 5) is 54.1. The number of nitrogens with one attached hydrogen (secondary N) is 1. The number of nitriles is 1. The number of nitrogens with zero attached hydrogens (tertiary/aromatic N) is 3. The summed E-state index contributed by atoms with van der Waals surface area (Å²) in [5.74, 6) is -0.00234. The van der Waals surface area contributed by atoms with E-state index in [9.17, 15) is 24.4 Å². The molecule has 6 rings (SSSR count). The van der Waals surface area contributed by atoms with Crippen molar-refractivity contribution < 1.29 is 28.7 Å². The number of ether oxygens (including phenoxy) is 2. The second-order valence-corrected chi connectivity index (χ2v) is 13.5. The van der Waals surface area contributed by atoms with E-state index in [0.29, 0.717) is 52.0 Å². The molecule has 254 valence electrons. The maximum Gasteiger partial charge on any atom is 0.245 e. The number of piperidine rings is 1. The van der Waals surface area contributed by atoms with Crippen molar-refractivity contribution in [3.05, 3.63) is 59.7 Å². The van der Waals surface area contributed by atoms with E-state index in [1.807, 2.05) is 48.5 Å². The van der Waals surface area contributed by atoms with Crippen LogP contribution in [0.3, 0.4) is 0 Å². The van der Waals surface area contributed by atoms with E-state index in [0.717, 1.165) is 61.2 Å². The zero-order valence-corrected chi connectivity index (χ0v) is 27.4. The molecule has 4 saturated heterocycles. The lowest BCUT2D eigenvalue weighted by atomic mass is 9.90. The van der Waals surface area contributed by atoms with E-state index in [4.69, 9.17) is 15.2 Å². The zero-order valence-electron chi connectivity index (χ0n) is 27.4.